The van der Waals surface area contributed by atoms with Crippen molar-refractivity contribution in [2.24, 2.45) is 5.41 Å². The first kappa shape index (κ1) is 20.7. The Morgan fingerprint density at radius 3 is 2.41 bits per heavy atom. The van der Waals surface area contributed by atoms with E-state index in [-0.39, 0.29) is 19.1 Å². The molecule has 6 heteroatoms. The standard InChI is InChI=1S/C21H28N2O4/c1-6-13-21(7-2)14-22(19(26)27-20(3,4)5)15-23(18(21)25)17(24)16-11-9-8-10-12-16/h6,8-12H,1,7,13-15H2,2-5H3/t21-/m1/s1. The highest BCUT2D eigenvalue weighted by atomic mass is 16.6. The predicted octanol–water partition coefficient (Wildman–Crippen LogP) is 3.84. The van der Waals surface area contributed by atoms with Crippen molar-refractivity contribution in [3.63, 3.8) is 0 Å². The van der Waals surface area contributed by atoms with Gasteiger partial charge in [-0.15, -0.1) is 6.58 Å². The highest BCUT2D eigenvalue weighted by molar-refractivity contribution is 6.07. The lowest BCUT2D eigenvalue weighted by molar-refractivity contribution is -0.148. The fraction of sp³-hybridized carbons (Fsp3) is 0.476. The molecule has 0 spiro atoms. The summed E-state index contributed by atoms with van der Waals surface area (Å²) in [6.45, 7) is 11.0. The van der Waals surface area contributed by atoms with Gasteiger partial charge in [0.25, 0.3) is 5.91 Å². The van der Waals surface area contributed by atoms with Crippen LogP contribution in [-0.2, 0) is 9.53 Å². The van der Waals surface area contributed by atoms with Crippen LogP contribution in [0.15, 0.2) is 43.0 Å². The first-order valence-corrected chi connectivity index (χ1v) is 9.14. The van der Waals surface area contributed by atoms with Gasteiger partial charge in [-0.3, -0.25) is 19.4 Å². The summed E-state index contributed by atoms with van der Waals surface area (Å²) in [4.78, 5) is 41.4. The van der Waals surface area contributed by atoms with E-state index >= 15 is 0 Å². The maximum atomic E-state index is 13.2. The lowest BCUT2D eigenvalue weighted by Crippen LogP contribution is -2.62. The Morgan fingerprint density at radius 1 is 1.26 bits per heavy atom. The van der Waals surface area contributed by atoms with Crippen LogP contribution in [0.5, 0.6) is 0 Å². The minimum atomic E-state index is -0.888. The Balaban J connectivity index is 2.39. The van der Waals surface area contributed by atoms with Gasteiger partial charge in [0, 0.05) is 12.1 Å². The monoisotopic (exact) mass is 372 g/mol. The zero-order valence-electron chi connectivity index (χ0n) is 16.5. The van der Waals surface area contributed by atoms with Crippen molar-refractivity contribution in [2.75, 3.05) is 13.2 Å². The molecule has 1 aromatic rings. The maximum absolute atomic E-state index is 13.2. The smallest absolute Gasteiger partial charge is 0.411 e. The molecule has 0 aliphatic carbocycles. The van der Waals surface area contributed by atoms with Crippen LogP contribution < -0.4 is 0 Å². The minimum Gasteiger partial charge on any atom is -0.444 e. The first-order valence-electron chi connectivity index (χ1n) is 9.14. The van der Waals surface area contributed by atoms with Crippen LogP contribution in [0.4, 0.5) is 4.79 Å². The molecule has 0 radical (unpaired) electrons. The fourth-order valence-corrected chi connectivity index (χ4v) is 3.18. The molecule has 2 rings (SSSR count). The number of benzene rings is 1. The van der Waals surface area contributed by atoms with Crippen LogP contribution in [0.25, 0.3) is 0 Å². The van der Waals surface area contributed by atoms with Crippen LogP contribution in [0.1, 0.15) is 50.9 Å². The van der Waals surface area contributed by atoms with Crippen molar-refractivity contribution in [2.45, 2.75) is 46.1 Å². The summed E-state index contributed by atoms with van der Waals surface area (Å²) in [6, 6.07) is 8.59. The summed E-state index contributed by atoms with van der Waals surface area (Å²) in [5.74, 6) is -0.700. The highest BCUT2D eigenvalue weighted by Gasteiger charge is 2.48. The number of rotatable bonds is 4. The summed E-state index contributed by atoms with van der Waals surface area (Å²) < 4.78 is 5.47. The van der Waals surface area contributed by atoms with E-state index in [1.807, 2.05) is 6.92 Å². The van der Waals surface area contributed by atoms with Gasteiger partial charge in [0.05, 0.1) is 5.41 Å². The van der Waals surface area contributed by atoms with E-state index in [0.29, 0.717) is 18.4 Å². The topological polar surface area (TPSA) is 66.9 Å². The van der Waals surface area contributed by atoms with Gasteiger partial charge in [0.1, 0.15) is 12.3 Å². The van der Waals surface area contributed by atoms with Crippen LogP contribution in [0.2, 0.25) is 0 Å². The van der Waals surface area contributed by atoms with Gasteiger partial charge in [0.2, 0.25) is 5.91 Å². The van der Waals surface area contributed by atoms with E-state index in [4.69, 9.17) is 4.74 Å². The third-order valence-corrected chi connectivity index (χ3v) is 4.63. The van der Waals surface area contributed by atoms with Crippen molar-refractivity contribution < 1.29 is 19.1 Å². The Hall–Kier alpha value is -2.63. The van der Waals surface area contributed by atoms with Crippen LogP contribution in [0.3, 0.4) is 0 Å². The number of amides is 3. The van der Waals surface area contributed by atoms with Gasteiger partial charge in [-0.25, -0.2) is 4.79 Å². The predicted molar refractivity (Wildman–Crippen MR) is 103 cm³/mol. The second-order valence-corrected chi connectivity index (χ2v) is 7.85. The Labute approximate surface area is 160 Å². The molecule has 0 N–H and O–H groups in total. The van der Waals surface area contributed by atoms with Crippen molar-refractivity contribution in [3.05, 3.63) is 48.6 Å². The second-order valence-electron chi connectivity index (χ2n) is 7.85. The molecule has 0 aromatic heterocycles. The maximum Gasteiger partial charge on any atom is 0.411 e. The van der Waals surface area contributed by atoms with E-state index in [1.54, 1.807) is 57.2 Å². The Bertz CT molecular complexity index is 723. The first-order chi connectivity index (χ1) is 12.6. The fourth-order valence-electron chi connectivity index (χ4n) is 3.18. The van der Waals surface area contributed by atoms with E-state index in [1.165, 1.54) is 4.90 Å². The lowest BCUT2D eigenvalue weighted by Gasteiger charge is -2.45. The zero-order chi connectivity index (χ0) is 20.2. The summed E-state index contributed by atoms with van der Waals surface area (Å²) in [7, 11) is 0. The molecule has 1 saturated heterocycles. The Morgan fingerprint density at radius 2 is 1.89 bits per heavy atom. The van der Waals surface area contributed by atoms with Gasteiger partial charge in [-0.1, -0.05) is 31.2 Å². The number of hydrogen-bond acceptors (Lipinski definition) is 4. The molecule has 1 aliphatic rings. The van der Waals surface area contributed by atoms with E-state index < -0.39 is 23.0 Å². The van der Waals surface area contributed by atoms with Crippen molar-refractivity contribution in [3.8, 4) is 0 Å². The van der Waals surface area contributed by atoms with Gasteiger partial charge >= 0.3 is 6.09 Å². The van der Waals surface area contributed by atoms with Crippen LogP contribution in [-0.4, -0.2) is 46.5 Å². The van der Waals surface area contributed by atoms with Crippen molar-refractivity contribution >= 4 is 17.9 Å². The minimum absolute atomic E-state index is 0.125. The van der Waals surface area contributed by atoms with Crippen molar-refractivity contribution in [1.29, 1.82) is 0 Å². The number of allylic oxidation sites excluding steroid dienone is 1. The number of nitrogens with zero attached hydrogens (tertiary/aromatic N) is 2. The zero-order valence-corrected chi connectivity index (χ0v) is 16.5. The molecule has 146 valence electrons. The summed E-state index contributed by atoms with van der Waals surface area (Å²) in [5, 5.41) is 0. The molecular weight excluding hydrogens is 344 g/mol. The molecule has 3 amide bonds. The molecular formula is C21H28N2O4. The van der Waals surface area contributed by atoms with E-state index in [9.17, 15) is 14.4 Å². The third-order valence-electron chi connectivity index (χ3n) is 4.63. The Kier molecular flexibility index (Phi) is 6.08. The van der Waals surface area contributed by atoms with Gasteiger partial charge in [0.15, 0.2) is 0 Å². The summed E-state index contributed by atoms with van der Waals surface area (Å²) >= 11 is 0. The molecule has 1 heterocycles. The highest BCUT2D eigenvalue weighted by Crippen LogP contribution is 2.35. The molecule has 1 fully saturated rings. The molecule has 0 unspecified atom stereocenters. The number of carbonyl (C=O) groups is 3. The molecule has 1 atom stereocenters. The van der Waals surface area contributed by atoms with Crippen LogP contribution >= 0.6 is 0 Å². The number of hydrogen-bond donors (Lipinski definition) is 0. The number of ether oxygens (including phenoxy) is 1. The molecule has 1 aliphatic heterocycles. The van der Waals surface area contributed by atoms with E-state index in [2.05, 4.69) is 6.58 Å². The molecule has 27 heavy (non-hydrogen) atoms. The molecule has 0 saturated carbocycles. The van der Waals surface area contributed by atoms with Crippen molar-refractivity contribution in [1.82, 2.24) is 9.80 Å². The number of imide groups is 1. The van der Waals surface area contributed by atoms with Crippen LogP contribution in [0, 0.1) is 5.41 Å². The quantitative estimate of drug-likeness (QED) is 0.595. The SMILES string of the molecule is C=CC[C@]1(CC)CN(C(=O)OC(C)(C)C)CN(C(=O)c2ccccc2)C1=O. The van der Waals surface area contributed by atoms with Gasteiger partial charge in [-0.2, -0.15) is 0 Å². The second kappa shape index (κ2) is 7.94. The number of carbonyl (C=O) groups excluding carboxylic acids is 3. The summed E-state index contributed by atoms with van der Waals surface area (Å²) in [6.07, 6.45) is 1.98. The average molecular weight is 372 g/mol. The molecule has 6 nitrogen and oxygen atoms in total. The molecule has 1 aromatic carbocycles. The van der Waals surface area contributed by atoms with Gasteiger partial charge < -0.3 is 4.74 Å². The molecule has 0 bridgehead atoms. The third kappa shape index (κ3) is 4.56. The van der Waals surface area contributed by atoms with Gasteiger partial charge in [-0.05, 0) is 45.7 Å². The lowest BCUT2D eigenvalue weighted by atomic mass is 9.78. The normalized spacial score (nSPS) is 20.4. The average Bonchev–Trinajstić information content (AvgIpc) is 2.62. The van der Waals surface area contributed by atoms with E-state index in [0.717, 1.165) is 4.90 Å². The largest absolute Gasteiger partial charge is 0.444 e. The summed E-state index contributed by atoms with van der Waals surface area (Å²) in [5.41, 5.74) is -1.15.